The Morgan fingerprint density at radius 2 is 1.97 bits per heavy atom. The van der Waals surface area contributed by atoms with Gasteiger partial charge in [-0.05, 0) is 19.2 Å². The van der Waals surface area contributed by atoms with Crippen LogP contribution in [0.1, 0.15) is 34.8 Å². The predicted octanol–water partition coefficient (Wildman–Crippen LogP) is 3.35. The molecule has 6 rings (SSSR count). The van der Waals surface area contributed by atoms with E-state index in [-0.39, 0.29) is 40.4 Å². The SMILES string of the molecule is CNC(=O)c1cc(-c2cnn3cc(-c4cnn(C5CN(C)C5)c4)c(OC4CCOC4)nc23)c(F)c(C(F)F)c1. The third-order valence-corrected chi connectivity index (χ3v) is 7.07. The van der Waals surface area contributed by atoms with Gasteiger partial charge in [-0.1, -0.05) is 0 Å². The zero-order valence-corrected chi connectivity index (χ0v) is 21.3. The number of amides is 1. The predicted molar refractivity (Wildman–Crippen MR) is 134 cm³/mol. The Hall–Kier alpha value is -3.97. The standard InChI is InChI=1S/C26H26F3N7O3/c1-30-25(37)14-5-18(22(27)19(6-14)23(28)29)20-8-32-36-12-21(15-7-31-35(9-15)16-10-34(2)11-16)26(33-24(20)36)39-17-3-4-38-13-17/h5-9,12,16-17,23H,3-4,10-11,13H2,1-2H3,(H,30,37). The number of ether oxygens (including phenoxy) is 2. The molecule has 0 spiro atoms. The van der Waals surface area contributed by atoms with Crippen LogP contribution in [0.15, 0.2) is 36.9 Å². The van der Waals surface area contributed by atoms with Crippen LogP contribution in [0, 0.1) is 5.82 Å². The van der Waals surface area contributed by atoms with E-state index in [1.807, 2.05) is 17.9 Å². The topological polar surface area (TPSA) is 98.8 Å². The largest absolute Gasteiger partial charge is 0.471 e. The average Bonchev–Trinajstić information content (AvgIpc) is 3.67. The molecule has 13 heteroatoms. The summed E-state index contributed by atoms with van der Waals surface area (Å²) < 4.78 is 57.8. The minimum atomic E-state index is -3.12. The maximum Gasteiger partial charge on any atom is 0.266 e. The van der Waals surface area contributed by atoms with Crippen molar-refractivity contribution in [1.29, 1.82) is 0 Å². The van der Waals surface area contributed by atoms with Crippen LogP contribution in [0.25, 0.3) is 27.9 Å². The molecule has 2 fully saturated rings. The fraction of sp³-hybridized carbons (Fsp3) is 0.385. The van der Waals surface area contributed by atoms with Crippen LogP contribution in [0.4, 0.5) is 13.2 Å². The van der Waals surface area contributed by atoms with Crippen LogP contribution >= 0.6 is 0 Å². The van der Waals surface area contributed by atoms with E-state index in [1.54, 1.807) is 12.4 Å². The summed E-state index contributed by atoms with van der Waals surface area (Å²) in [6.45, 7) is 2.74. The second-order valence-electron chi connectivity index (χ2n) is 9.78. The molecule has 3 aromatic heterocycles. The lowest BCUT2D eigenvalue weighted by atomic mass is 10.00. The van der Waals surface area contributed by atoms with Crippen molar-refractivity contribution in [1.82, 2.24) is 34.6 Å². The van der Waals surface area contributed by atoms with Crippen LogP contribution in [-0.4, -0.2) is 81.7 Å². The average molecular weight is 542 g/mol. The van der Waals surface area contributed by atoms with E-state index in [0.29, 0.717) is 25.2 Å². The molecule has 2 saturated heterocycles. The Morgan fingerprint density at radius 3 is 2.67 bits per heavy atom. The normalized spacial score (nSPS) is 18.2. The molecule has 10 nitrogen and oxygen atoms in total. The third-order valence-electron chi connectivity index (χ3n) is 7.07. The molecule has 0 radical (unpaired) electrons. The molecule has 0 bridgehead atoms. The summed E-state index contributed by atoms with van der Waals surface area (Å²) in [5, 5.41) is 11.2. The number of hydrogen-bond acceptors (Lipinski definition) is 7. The summed E-state index contributed by atoms with van der Waals surface area (Å²) in [6, 6.07) is 2.34. The van der Waals surface area contributed by atoms with Gasteiger partial charge in [-0.2, -0.15) is 15.2 Å². The lowest BCUT2D eigenvalue weighted by Gasteiger charge is -2.36. The molecule has 1 aromatic carbocycles. The second-order valence-corrected chi connectivity index (χ2v) is 9.78. The number of aromatic nitrogens is 5. The number of likely N-dealkylation sites (N-methyl/N-ethyl adjacent to an activating group) is 1. The van der Waals surface area contributed by atoms with Crippen LogP contribution in [-0.2, 0) is 4.74 Å². The first-order chi connectivity index (χ1) is 18.8. The first kappa shape index (κ1) is 25.3. The number of fused-ring (bicyclic) bond motifs is 1. The van der Waals surface area contributed by atoms with Crippen molar-refractivity contribution < 1.29 is 27.4 Å². The summed E-state index contributed by atoms with van der Waals surface area (Å²) in [5.74, 6) is -1.50. The summed E-state index contributed by atoms with van der Waals surface area (Å²) >= 11 is 0. The smallest absolute Gasteiger partial charge is 0.266 e. The van der Waals surface area contributed by atoms with Gasteiger partial charge in [-0.15, -0.1) is 0 Å². The first-order valence-corrected chi connectivity index (χ1v) is 12.5. The van der Waals surface area contributed by atoms with Crippen LogP contribution in [0.5, 0.6) is 5.88 Å². The van der Waals surface area contributed by atoms with Crippen molar-refractivity contribution in [3.05, 3.63) is 53.9 Å². The highest BCUT2D eigenvalue weighted by Crippen LogP contribution is 2.37. The second kappa shape index (κ2) is 9.97. The van der Waals surface area contributed by atoms with Gasteiger partial charge in [0.1, 0.15) is 11.9 Å². The van der Waals surface area contributed by atoms with Gasteiger partial charge in [0.25, 0.3) is 12.3 Å². The van der Waals surface area contributed by atoms with E-state index < -0.39 is 23.7 Å². The minimum Gasteiger partial charge on any atom is -0.471 e. The molecule has 5 heterocycles. The lowest BCUT2D eigenvalue weighted by molar-refractivity contribution is 0.0962. The molecule has 1 N–H and O–H groups in total. The van der Waals surface area contributed by atoms with Crippen LogP contribution in [0.3, 0.4) is 0 Å². The monoisotopic (exact) mass is 541 g/mol. The van der Waals surface area contributed by atoms with Crippen molar-refractivity contribution >= 4 is 11.6 Å². The summed E-state index contributed by atoms with van der Waals surface area (Å²) in [7, 11) is 3.41. The zero-order valence-electron chi connectivity index (χ0n) is 21.3. The number of rotatable bonds is 7. The van der Waals surface area contributed by atoms with E-state index in [1.165, 1.54) is 23.8 Å². The summed E-state index contributed by atoms with van der Waals surface area (Å²) in [6.07, 6.45) is 3.99. The first-order valence-electron chi connectivity index (χ1n) is 12.5. The van der Waals surface area contributed by atoms with E-state index in [9.17, 15) is 13.6 Å². The molecular formula is C26H26F3N7O3. The van der Waals surface area contributed by atoms with Crippen molar-refractivity contribution in [3.63, 3.8) is 0 Å². The maximum atomic E-state index is 15.3. The Labute approximate surface area is 221 Å². The summed E-state index contributed by atoms with van der Waals surface area (Å²) in [5.41, 5.74) is 0.526. The molecule has 2 aliphatic rings. The molecule has 0 aliphatic carbocycles. The Balaban J connectivity index is 1.48. The molecule has 1 amide bonds. The van der Waals surface area contributed by atoms with Gasteiger partial charge in [-0.3, -0.25) is 9.48 Å². The van der Waals surface area contributed by atoms with E-state index in [0.717, 1.165) is 24.7 Å². The number of likely N-dealkylation sites (tertiary alicyclic amines) is 1. The molecule has 204 valence electrons. The number of carbonyl (C=O) groups excluding carboxylic acids is 1. The van der Waals surface area contributed by atoms with Crippen molar-refractivity contribution in [2.45, 2.75) is 25.0 Å². The molecular weight excluding hydrogens is 515 g/mol. The fourth-order valence-electron chi connectivity index (χ4n) is 4.92. The number of hydrogen-bond donors (Lipinski definition) is 1. The molecule has 1 atom stereocenters. The highest BCUT2D eigenvalue weighted by molar-refractivity contribution is 5.96. The Morgan fingerprint density at radius 1 is 1.15 bits per heavy atom. The van der Waals surface area contributed by atoms with Gasteiger partial charge >= 0.3 is 0 Å². The quantitative estimate of drug-likeness (QED) is 0.383. The van der Waals surface area contributed by atoms with Gasteiger partial charge in [0.05, 0.1) is 42.8 Å². The molecule has 2 aliphatic heterocycles. The number of carbonyl (C=O) groups is 1. The lowest BCUT2D eigenvalue weighted by Crippen LogP contribution is -2.45. The van der Waals surface area contributed by atoms with Crippen molar-refractivity contribution in [3.8, 4) is 28.1 Å². The molecule has 1 unspecified atom stereocenters. The zero-order chi connectivity index (χ0) is 27.3. The van der Waals surface area contributed by atoms with Gasteiger partial charge in [0.15, 0.2) is 5.65 Å². The minimum absolute atomic E-state index is 0.103. The number of nitrogens with one attached hydrogen (secondary N) is 1. The van der Waals surface area contributed by atoms with E-state index >= 15 is 4.39 Å². The van der Waals surface area contributed by atoms with Gasteiger partial charge in [0.2, 0.25) is 5.88 Å². The van der Waals surface area contributed by atoms with E-state index in [2.05, 4.69) is 25.4 Å². The number of nitrogens with zero attached hydrogens (tertiary/aromatic N) is 6. The van der Waals surface area contributed by atoms with Crippen molar-refractivity contribution in [2.75, 3.05) is 40.4 Å². The van der Waals surface area contributed by atoms with Gasteiger partial charge in [0, 0.05) is 61.2 Å². The van der Waals surface area contributed by atoms with Crippen LogP contribution in [0.2, 0.25) is 0 Å². The third kappa shape index (κ3) is 4.61. The number of halogens is 3. The van der Waals surface area contributed by atoms with E-state index in [4.69, 9.17) is 9.47 Å². The number of alkyl halides is 2. The highest BCUT2D eigenvalue weighted by atomic mass is 19.3. The summed E-state index contributed by atoms with van der Waals surface area (Å²) in [4.78, 5) is 19.1. The van der Waals surface area contributed by atoms with Crippen molar-refractivity contribution in [2.24, 2.45) is 0 Å². The Kier molecular flexibility index (Phi) is 6.47. The molecule has 0 saturated carbocycles. The van der Waals surface area contributed by atoms with Gasteiger partial charge < -0.3 is 19.7 Å². The van der Waals surface area contributed by atoms with Gasteiger partial charge in [-0.25, -0.2) is 17.7 Å². The highest BCUT2D eigenvalue weighted by Gasteiger charge is 2.28. The fourth-order valence-corrected chi connectivity index (χ4v) is 4.92. The maximum absolute atomic E-state index is 15.3. The van der Waals surface area contributed by atoms with Crippen LogP contribution < -0.4 is 10.1 Å². The molecule has 4 aromatic rings. The molecule has 39 heavy (non-hydrogen) atoms. The number of benzene rings is 1. The Bertz CT molecular complexity index is 1540.